The SMILES string of the molecule is CC(c1ccc(-c2cccc(C(=O)N3CCCCC3)c2)cc1)N1CCOCC1. The van der Waals surface area contributed by atoms with Crippen LogP contribution in [0.5, 0.6) is 0 Å². The van der Waals surface area contributed by atoms with E-state index in [4.69, 9.17) is 4.74 Å². The zero-order valence-electron chi connectivity index (χ0n) is 16.8. The Morgan fingerprint density at radius 3 is 2.32 bits per heavy atom. The zero-order valence-corrected chi connectivity index (χ0v) is 16.8. The number of rotatable bonds is 4. The Hall–Kier alpha value is -2.17. The third kappa shape index (κ3) is 4.29. The molecule has 2 aliphatic rings. The van der Waals surface area contributed by atoms with Gasteiger partial charge in [-0.3, -0.25) is 9.69 Å². The van der Waals surface area contributed by atoms with E-state index in [9.17, 15) is 4.79 Å². The fourth-order valence-electron chi connectivity index (χ4n) is 4.24. The van der Waals surface area contributed by atoms with E-state index in [-0.39, 0.29) is 5.91 Å². The Kier molecular flexibility index (Phi) is 6.08. The molecule has 2 heterocycles. The number of piperidine rings is 1. The number of morpholine rings is 1. The molecule has 2 fully saturated rings. The summed E-state index contributed by atoms with van der Waals surface area (Å²) in [5.41, 5.74) is 4.39. The van der Waals surface area contributed by atoms with Crippen molar-refractivity contribution in [1.29, 1.82) is 0 Å². The maximum atomic E-state index is 12.8. The highest BCUT2D eigenvalue weighted by Gasteiger charge is 2.20. The average molecular weight is 379 g/mol. The first kappa shape index (κ1) is 19.2. The minimum atomic E-state index is 0.166. The summed E-state index contributed by atoms with van der Waals surface area (Å²) in [6, 6.07) is 17.2. The highest BCUT2D eigenvalue weighted by Crippen LogP contribution is 2.26. The summed E-state index contributed by atoms with van der Waals surface area (Å²) in [5, 5.41) is 0. The van der Waals surface area contributed by atoms with Gasteiger partial charge in [-0.05, 0) is 55.0 Å². The number of hydrogen-bond donors (Lipinski definition) is 0. The molecule has 4 nitrogen and oxygen atoms in total. The van der Waals surface area contributed by atoms with Crippen molar-refractivity contribution in [2.24, 2.45) is 0 Å². The van der Waals surface area contributed by atoms with E-state index in [2.05, 4.69) is 42.2 Å². The second kappa shape index (κ2) is 8.89. The van der Waals surface area contributed by atoms with Gasteiger partial charge in [-0.15, -0.1) is 0 Å². The lowest BCUT2D eigenvalue weighted by Crippen LogP contribution is -2.37. The van der Waals surface area contributed by atoms with Gasteiger partial charge in [0.05, 0.1) is 13.2 Å². The molecule has 0 saturated carbocycles. The van der Waals surface area contributed by atoms with E-state index in [1.165, 1.54) is 12.0 Å². The molecule has 0 radical (unpaired) electrons. The van der Waals surface area contributed by atoms with Gasteiger partial charge in [0, 0.05) is 37.8 Å². The summed E-state index contributed by atoms with van der Waals surface area (Å²) < 4.78 is 5.46. The van der Waals surface area contributed by atoms with Crippen LogP contribution in [-0.4, -0.2) is 55.1 Å². The Bertz CT molecular complexity index is 791. The van der Waals surface area contributed by atoms with Crippen LogP contribution in [0.25, 0.3) is 11.1 Å². The van der Waals surface area contributed by atoms with Crippen LogP contribution < -0.4 is 0 Å². The van der Waals surface area contributed by atoms with Crippen molar-refractivity contribution in [3.63, 3.8) is 0 Å². The van der Waals surface area contributed by atoms with Crippen LogP contribution >= 0.6 is 0 Å². The van der Waals surface area contributed by atoms with Crippen molar-refractivity contribution in [3.8, 4) is 11.1 Å². The highest BCUT2D eigenvalue weighted by atomic mass is 16.5. The summed E-state index contributed by atoms with van der Waals surface area (Å²) in [7, 11) is 0. The fraction of sp³-hybridized carbons (Fsp3) is 0.458. The Labute approximate surface area is 168 Å². The second-order valence-electron chi connectivity index (χ2n) is 7.88. The molecule has 0 spiro atoms. The normalized spacial score (nSPS) is 19.4. The van der Waals surface area contributed by atoms with Gasteiger partial charge in [-0.2, -0.15) is 0 Å². The standard InChI is InChI=1S/C24H30N2O2/c1-19(25-14-16-28-17-15-25)20-8-10-21(11-9-20)22-6-5-7-23(18-22)24(27)26-12-3-2-4-13-26/h5-11,18-19H,2-4,12-17H2,1H3. The first-order chi connectivity index (χ1) is 13.7. The van der Waals surface area contributed by atoms with Crippen molar-refractivity contribution in [3.05, 3.63) is 59.7 Å². The van der Waals surface area contributed by atoms with Gasteiger partial charge in [-0.1, -0.05) is 36.4 Å². The number of ether oxygens (including phenoxy) is 1. The first-order valence-corrected chi connectivity index (χ1v) is 10.5. The van der Waals surface area contributed by atoms with Gasteiger partial charge < -0.3 is 9.64 Å². The first-order valence-electron chi connectivity index (χ1n) is 10.5. The van der Waals surface area contributed by atoms with Gasteiger partial charge in [-0.25, -0.2) is 0 Å². The van der Waals surface area contributed by atoms with Crippen LogP contribution in [0.4, 0.5) is 0 Å². The number of benzene rings is 2. The number of carbonyl (C=O) groups excluding carboxylic acids is 1. The summed E-state index contributed by atoms with van der Waals surface area (Å²) in [6.07, 6.45) is 3.47. The highest BCUT2D eigenvalue weighted by molar-refractivity contribution is 5.95. The molecule has 0 N–H and O–H groups in total. The molecule has 2 aromatic carbocycles. The molecule has 0 bridgehead atoms. The molecule has 28 heavy (non-hydrogen) atoms. The molecule has 1 unspecified atom stereocenters. The summed E-state index contributed by atoms with van der Waals surface area (Å²) in [4.78, 5) is 17.3. The molecule has 0 aromatic heterocycles. The Morgan fingerprint density at radius 1 is 0.893 bits per heavy atom. The Balaban J connectivity index is 1.49. The monoisotopic (exact) mass is 378 g/mol. The van der Waals surface area contributed by atoms with Crippen molar-refractivity contribution < 1.29 is 9.53 Å². The van der Waals surface area contributed by atoms with Gasteiger partial charge in [0.15, 0.2) is 0 Å². The van der Waals surface area contributed by atoms with E-state index in [0.29, 0.717) is 6.04 Å². The third-order valence-electron chi connectivity index (χ3n) is 6.07. The van der Waals surface area contributed by atoms with Crippen LogP contribution in [0.1, 0.15) is 48.1 Å². The van der Waals surface area contributed by atoms with Crippen molar-refractivity contribution in [2.75, 3.05) is 39.4 Å². The van der Waals surface area contributed by atoms with Gasteiger partial charge in [0.1, 0.15) is 0 Å². The molecule has 4 heteroatoms. The molecule has 4 rings (SSSR count). The predicted octanol–water partition coefficient (Wildman–Crippen LogP) is 4.37. The zero-order chi connectivity index (χ0) is 19.3. The van der Waals surface area contributed by atoms with Gasteiger partial charge in [0.25, 0.3) is 5.91 Å². The minimum Gasteiger partial charge on any atom is -0.379 e. The molecule has 148 valence electrons. The van der Waals surface area contributed by atoms with Crippen molar-refractivity contribution in [2.45, 2.75) is 32.2 Å². The number of nitrogens with zero attached hydrogens (tertiary/aromatic N) is 2. The summed E-state index contributed by atoms with van der Waals surface area (Å²) >= 11 is 0. The number of likely N-dealkylation sites (tertiary alicyclic amines) is 1. The minimum absolute atomic E-state index is 0.166. The van der Waals surface area contributed by atoms with Crippen molar-refractivity contribution >= 4 is 5.91 Å². The molecule has 1 atom stereocenters. The topological polar surface area (TPSA) is 32.8 Å². The summed E-state index contributed by atoms with van der Waals surface area (Å²) in [6.45, 7) is 7.65. The van der Waals surface area contributed by atoms with Gasteiger partial charge >= 0.3 is 0 Å². The molecular weight excluding hydrogens is 348 g/mol. The fourth-order valence-corrected chi connectivity index (χ4v) is 4.24. The average Bonchev–Trinajstić information content (AvgIpc) is 2.79. The van der Waals surface area contributed by atoms with Crippen LogP contribution in [-0.2, 0) is 4.74 Å². The summed E-state index contributed by atoms with van der Waals surface area (Å²) in [5.74, 6) is 0.166. The molecule has 0 aliphatic carbocycles. The number of carbonyl (C=O) groups is 1. The van der Waals surface area contributed by atoms with Crippen LogP contribution in [0.15, 0.2) is 48.5 Å². The number of amides is 1. The molecule has 2 aliphatic heterocycles. The third-order valence-corrected chi connectivity index (χ3v) is 6.07. The molecule has 1 amide bonds. The van der Waals surface area contributed by atoms with Crippen molar-refractivity contribution in [1.82, 2.24) is 9.80 Å². The molecule has 2 saturated heterocycles. The van der Waals surface area contributed by atoms with E-state index in [0.717, 1.165) is 68.9 Å². The second-order valence-corrected chi connectivity index (χ2v) is 7.88. The quantitative estimate of drug-likeness (QED) is 0.792. The maximum Gasteiger partial charge on any atom is 0.253 e. The lowest BCUT2D eigenvalue weighted by atomic mass is 9.98. The number of hydrogen-bond acceptors (Lipinski definition) is 3. The lowest BCUT2D eigenvalue weighted by Gasteiger charge is -2.32. The van der Waals surface area contributed by atoms with Crippen LogP contribution in [0.2, 0.25) is 0 Å². The van der Waals surface area contributed by atoms with E-state index < -0.39 is 0 Å². The maximum absolute atomic E-state index is 12.8. The largest absolute Gasteiger partial charge is 0.379 e. The molecule has 2 aromatic rings. The van der Waals surface area contributed by atoms with Crippen LogP contribution in [0, 0.1) is 0 Å². The smallest absolute Gasteiger partial charge is 0.253 e. The van der Waals surface area contributed by atoms with Gasteiger partial charge in [0.2, 0.25) is 0 Å². The van der Waals surface area contributed by atoms with E-state index in [1.807, 2.05) is 23.1 Å². The Morgan fingerprint density at radius 2 is 1.61 bits per heavy atom. The lowest BCUT2D eigenvalue weighted by molar-refractivity contribution is 0.0198. The van der Waals surface area contributed by atoms with E-state index in [1.54, 1.807) is 0 Å². The van der Waals surface area contributed by atoms with Crippen LogP contribution in [0.3, 0.4) is 0 Å². The van der Waals surface area contributed by atoms with E-state index >= 15 is 0 Å². The predicted molar refractivity (Wildman–Crippen MR) is 112 cm³/mol. The molecular formula is C24H30N2O2.